The first kappa shape index (κ1) is 17.6. The second-order valence-electron chi connectivity index (χ2n) is 5.57. The Morgan fingerprint density at radius 1 is 1.23 bits per heavy atom. The summed E-state index contributed by atoms with van der Waals surface area (Å²) in [6.07, 6.45) is 1.15. The molecule has 0 aliphatic rings. The Morgan fingerprint density at radius 3 is 2.54 bits per heavy atom. The number of aromatic nitrogens is 2. The minimum absolute atomic E-state index is 0.00309. The molecule has 2 heterocycles. The van der Waals surface area contributed by atoms with Crippen molar-refractivity contribution in [3.05, 3.63) is 40.3 Å². The van der Waals surface area contributed by atoms with Crippen molar-refractivity contribution < 1.29 is 28.2 Å². The minimum Gasteiger partial charge on any atom is -0.480 e. The van der Waals surface area contributed by atoms with Crippen LogP contribution in [0.1, 0.15) is 10.4 Å². The molecule has 0 bridgehead atoms. The van der Waals surface area contributed by atoms with Crippen molar-refractivity contribution in [2.24, 2.45) is 0 Å². The number of fused-ring (bicyclic) bond motifs is 3. The molecule has 1 aromatic carbocycles. The van der Waals surface area contributed by atoms with Crippen LogP contribution in [0.5, 0.6) is 0 Å². The molecule has 0 amide bonds. The van der Waals surface area contributed by atoms with Gasteiger partial charge in [0, 0.05) is 29.5 Å². The summed E-state index contributed by atoms with van der Waals surface area (Å²) in [6.45, 7) is -0.730. The van der Waals surface area contributed by atoms with Gasteiger partial charge < -0.3 is 20.2 Å². The molecule has 0 saturated carbocycles. The van der Waals surface area contributed by atoms with E-state index in [1.165, 1.54) is 18.2 Å². The second-order valence-corrected chi connectivity index (χ2v) is 7.62. The van der Waals surface area contributed by atoms with Gasteiger partial charge in [0.15, 0.2) is 0 Å². The Morgan fingerprint density at radius 2 is 1.92 bits per heavy atom. The molecule has 0 aliphatic carbocycles. The lowest BCUT2D eigenvalue weighted by molar-refractivity contribution is -0.137. The van der Waals surface area contributed by atoms with E-state index < -0.39 is 34.1 Å². The van der Waals surface area contributed by atoms with Gasteiger partial charge in [-0.2, -0.15) is 4.31 Å². The van der Waals surface area contributed by atoms with Gasteiger partial charge in [-0.15, -0.1) is 0 Å². The molecular formula is C15H13N3O7S. The average Bonchev–Trinajstić information content (AvgIpc) is 3.00. The highest BCUT2D eigenvalue weighted by atomic mass is 32.2. The van der Waals surface area contributed by atoms with Gasteiger partial charge >= 0.3 is 11.9 Å². The molecule has 3 aromatic rings. The third kappa shape index (κ3) is 2.72. The Kier molecular flexibility index (Phi) is 4.05. The first-order chi connectivity index (χ1) is 12.1. The van der Waals surface area contributed by atoms with Crippen molar-refractivity contribution in [3.8, 4) is 0 Å². The number of aromatic carboxylic acids is 1. The topological polar surface area (TPSA) is 161 Å². The fourth-order valence-electron chi connectivity index (χ4n) is 2.69. The van der Waals surface area contributed by atoms with E-state index in [1.807, 2.05) is 0 Å². The predicted molar refractivity (Wildman–Crippen MR) is 90.8 cm³/mol. The van der Waals surface area contributed by atoms with E-state index in [2.05, 4.69) is 9.97 Å². The fraction of sp³-hybridized carbons (Fsp3) is 0.133. The van der Waals surface area contributed by atoms with E-state index in [9.17, 15) is 27.9 Å². The van der Waals surface area contributed by atoms with Crippen molar-refractivity contribution in [3.63, 3.8) is 0 Å². The summed E-state index contributed by atoms with van der Waals surface area (Å²) in [6, 6.07) is 3.75. The average molecular weight is 379 g/mol. The second kappa shape index (κ2) is 5.97. The molecular weight excluding hydrogens is 366 g/mol. The molecule has 11 heteroatoms. The van der Waals surface area contributed by atoms with Gasteiger partial charge in [0.2, 0.25) is 10.0 Å². The summed E-state index contributed by atoms with van der Waals surface area (Å²) >= 11 is 0. The number of aliphatic carboxylic acids is 1. The van der Waals surface area contributed by atoms with Crippen molar-refractivity contribution in [2.45, 2.75) is 4.90 Å². The van der Waals surface area contributed by atoms with Gasteiger partial charge in [-0.25, -0.2) is 13.2 Å². The lowest BCUT2D eigenvalue weighted by Crippen LogP contribution is -2.32. The van der Waals surface area contributed by atoms with Crippen LogP contribution in [0.25, 0.3) is 21.8 Å². The number of nitrogens with zero attached hydrogens (tertiary/aromatic N) is 1. The minimum atomic E-state index is -4.12. The van der Waals surface area contributed by atoms with E-state index in [0.717, 1.165) is 13.2 Å². The van der Waals surface area contributed by atoms with Crippen LogP contribution in [0.15, 0.2) is 34.1 Å². The number of H-pyrrole nitrogens is 2. The smallest absolute Gasteiger partial charge is 0.337 e. The van der Waals surface area contributed by atoms with Crippen molar-refractivity contribution in [1.82, 2.24) is 14.3 Å². The Labute approximate surface area is 145 Å². The number of benzene rings is 1. The summed E-state index contributed by atoms with van der Waals surface area (Å²) in [7, 11) is -3.00. The molecule has 0 aliphatic heterocycles. The van der Waals surface area contributed by atoms with Crippen molar-refractivity contribution in [2.75, 3.05) is 13.6 Å². The quantitative estimate of drug-likeness (QED) is 0.499. The molecule has 0 spiro atoms. The van der Waals surface area contributed by atoms with Crippen LogP contribution >= 0.6 is 0 Å². The van der Waals surface area contributed by atoms with E-state index in [-0.39, 0.29) is 32.3 Å². The van der Waals surface area contributed by atoms with Crippen molar-refractivity contribution >= 4 is 43.8 Å². The van der Waals surface area contributed by atoms with E-state index in [0.29, 0.717) is 4.31 Å². The summed E-state index contributed by atoms with van der Waals surface area (Å²) in [5, 5.41) is 18.4. The molecule has 0 atom stereocenters. The lowest BCUT2D eigenvalue weighted by Gasteiger charge is -2.15. The maximum Gasteiger partial charge on any atom is 0.337 e. The number of carboxylic acid groups (broad SMARTS) is 2. The Hall–Kier alpha value is -3.18. The third-order valence-corrected chi connectivity index (χ3v) is 5.71. The summed E-state index contributed by atoms with van der Waals surface area (Å²) in [4.78, 5) is 39.2. The standard InChI is InChI=1S/C15H13N3O7S/c1-18(6-11(19)20)26(24,25)7-2-3-10-8(4-7)12-9(15(22)23)5-16-13(12)14(21)17-10/h2-5,16H,6H2,1H3,(H,17,21)(H,19,20)(H,22,23). The molecule has 4 N–H and O–H groups in total. The van der Waals surface area contributed by atoms with Crippen LogP contribution in [0.4, 0.5) is 0 Å². The zero-order valence-electron chi connectivity index (χ0n) is 13.3. The maximum atomic E-state index is 12.5. The van der Waals surface area contributed by atoms with Gasteiger partial charge in [-0.3, -0.25) is 9.59 Å². The van der Waals surface area contributed by atoms with Crippen LogP contribution in [0, 0.1) is 0 Å². The van der Waals surface area contributed by atoms with Crippen LogP contribution in [0.3, 0.4) is 0 Å². The van der Waals surface area contributed by atoms with Crippen LogP contribution in [-0.4, -0.2) is 58.4 Å². The number of pyridine rings is 1. The monoisotopic (exact) mass is 379 g/mol. The molecule has 136 valence electrons. The Balaban J connectivity index is 2.32. The fourth-order valence-corrected chi connectivity index (χ4v) is 3.84. The van der Waals surface area contributed by atoms with Crippen molar-refractivity contribution in [1.29, 1.82) is 0 Å². The van der Waals surface area contributed by atoms with E-state index in [1.54, 1.807) is 0 Å². The first-order valence-electron chi connectivity index (χ1n) is 7.21. The molecule has 2 aromatic heterocycles. The highest BCUT2D eigenvalue weighted by Crippen LogP contribution is 2.27. The largest absolute Gasteiger partial charge is 0.480 e. The van der Waals surface area contributed by atoms with Crippen LogP contribution in [-0.2, 0) is 14.8 Å². The molecule has 3 rings (SSSR count). The van der Waals surface area contributed by atoms with Gasteiger partial charge in [-0.05, 0) is 18.2 Å². The maximum absolute atomic E-state index is 12.5. The third-order valence-electron chi connectivity index (χ3n) is 3.91. The number of hydrogen-bond acceptors (Lipinski definition) is 5. The number of carboxylic acids is 2. The van der Waals surface area contributed by atoms with Crippen LogP contribution < -0.4 is 5.56 Å². The van der Waals surface area contributed by atoms with Crippen LogP contribution in [0.2, 0.25) is 0 Å². The number of nitrogens with one attached hydrogen (secondary N) is 2. The number of likely N-dealkylation sites (N-methyl/N-ethyl adjacent to an activating group) is 1. The number of hydrogen-bond donors (Lipinski definition) is 4. The summed E-state index contributed by atoms with van der Waals surface area (Å²) in [5.74, 6) is -2.60. The molecule has 0 radical (unpaired) electrons. The highest BCUT2D eigenvalue weighted by Gasteiger charge is 2.24. The van der Waals surface area contributed by atoms with E-state index in [4.69, 9.17) is 5.11 Å². The number of carbonyl (C=O) groups is 2. The summed E-state index contributed by atoms with van der Waals surface area (Å²) in [5.41, 5.74) is -0.462. The lowest BCUT2D eigenvalue weighted by atomic mass is 10.1. The normalized spacial score (nSPS) is 12.1. The zero-order chi connectivity index (χ0) is 19.2. The number of aromatic amines is 2. The molecule has 0 unspecified atom stereocenters. The number of sulfonamides is 1. The SMILES string of the molecule is CN(CC(=O)O)S(=O)(=O)c1ccc2[nH]c(=O)c3[nH]cc(C(=O)O)c3c2c1. The highest BCUT2D eigenvalue weighted by molar-refractivity contribution is 7.89. The van der Waals surface area contributed by atoms with Gasteiger partial charge in [0.05, 0.1) is 10.5 Å². The Bertz CT molecular complexity index is 1220. The summed E-state index contributed by atoms with van der Waals surface area (Å²) < 4.78 is 25.7. The molecule has 0 saturated heterocycles. The van der Waals surface area contributed by atoms with Gasteiger partial charge in [0.25, 0.3) is 5.56 Å². The number of rotatable bonds is 5. The van der Waals surface area contributed by atoms with Gasteiger partial charge in [0.1, 0.15) is 12.1 Å². The molecule has 0 fully saturated rings. The molecule has 10 nitrogen and oxygen atoms in total. The van der Waals surface area contributed by atoms with E-state index >= 15 is 0 Å². The van der Waals surface area contributed by atoms with Gasteiger partial charge in [-0.1, -0.05) is 0 Å². The molecule has 26 heavy (non-hydrogen) atoms. The first-order valence-corrected chi connectivity index (χ1v) is 8.65. The zero-order valence-corrected chi connectivity index (χ0v) is 14.1. The predicted octanol–water partition coefficient (Wildman–Crippen LogP) is 0.413.